The van der Waals surface area contributed by atoms with Crippen LogP contribution in [0.25, 0.3) is 11.0 Å². The summed E-state index contributed by atoms with van der Waals surface area (Å²) in [7, 11) is 0. The summed E-state index contributed by atoms with van der Waals surface area (Å²) < 4.78 is 7.09. The molecule has 0 aliphatic rings. The zero-order chi connectivity index (χ0) is 18.6. The number of aliphatic hydroxyl groups excluding tert-OH is 1. The zero-order valence-corrected chi connectivity index (χ0v) is 14.5. The number of imidazole rings is 1. The number of amides is 1. The van der Waals surface area contributed by atoms with Crippen molar-refractivity contribution < 1.29 is 14.3 Å². The van der Waals surface area contributed by atoms with Gasteiger partial charge in [0.2, 0.25) is 5.95 Å². The van der Waals surface area contributed by atoms with Gasteiger partial charge in [0.25, 0.3) is 5.91 Å². The molecule has 0 fully saturated rings. The number of para-hydroxylation sites is 2. The first-order valence-corrected chi connectivity index (χ1v) is 8.59. The van der Waals surface area contributed by atoms with Gasteiger partial charge in [0.1, 0.15) is 18.6 Å². The Labute approximate surface area is 155 Å². The lowest BCUT2D eigenvalue weighted by atomic mass is 10.2. The SMILES string of the molecule is O=C(Nc1nc2ccccc2n1CCc1ccccn1)c1coc(CO)c1. The van der Waals surface area contributed by atoms with E-state index in [-0.39, 0.29) is 12.5 Å². The van der Waals surface area contributed by atoms with Crippen LogP contribution in [-0.4, -0.2) is 25.5 Å². The molecule has 0 spiro atoms. The summed E-state index contributed by atoms with van der Waals surface area (Å²) >= 11 is 0. The molecule has 0 bridgehead atoms. The summed E-state index contributed by atoms with van der Waals surface area (Å²) in [5, 5.41) is 11.9. The molecule has 0 aliphatic heterocycles. The Kier molecular flexibility index (Phi) is 4.67. The van der Waals surface area contributed by atoms with Gasteiger partial charge in [0, 0.05) is 24.9 Å². The monoisotopic (exact) mass is 362 g/mol. The highest BCUT2D eigenvalue weighted by Gasteiger charge is 2.16. The number of aliphatic hydroxyl groups is 1. The number of anilines is 1. The highest BCUT2D eigenvalue weighted by molar-refractivity contribution is 6.04. The summed E-state index contributed by atoms with van der Waals surface area (Å²) in [6.07, 6.45) is 3.80. The Bertz CT molecular complexity index is 1070. The van der Waals surface area contributed by atoms with Gasteiger partial charge in [0.05, 0.1) is 16.6 Å². The number of aromatic nitrogens is 3. The Hall–Kier alpha value is -3.45. The van der Waals surface area contributed by atoms with Gasteiger partial charge in [-0.15, -0.1) is 0 Å². The number of carbonyl (C=O) groups is 1. The number of fused-ring (bicyclic) bond motifs is 1. The van der Waals surface area contributed by atoms with E-state index in [1.165, 1.54) is 12.3 Å². The third kappa shape index (κ3) is 3.58. The summed E-state index contributed by atoms with van der Waals surface area (Å²) in [5.74, 6) is 0.459. The van der Waals surface area contributed by atoms with Gasteiger partial charge in [-0.1, -0.05) is 18.2 Å². The molecule has 27 heavy (non-hydrogen) atoms. The van der Waals surface area contributed by atoms with Crippen LogP contribution in [0, 0.1) is 0 Å². The number of hydrogen-bond acceptors (Lipinski definition) is 5. The summed E-state index contributed by atoms with van der Waals surface area (Å²) in [6, 6.07) is 15.0. The molecule has 0 atom stereocenters. The number of aryl methyl sites for hydroxylation is 2. The maximum absolute atomic E-state index is 12.5. The smallest absolute Gasteiger partial charge is 0.261 e. The van der Waals surface area contributed by atoms with E-state index in [9.17, 15) is 4.79 Å². The van der Waals surface area contributed by atoms with Crippen LogP contribution in [0.5, 0.6) is 0 Å². The quantitative estimate of drug-likeness (QED) is 0.550. The maximum atomic E-state index is 12.5. The number of pyridine rings is 1. The molecule has 0 saturated heterocycles. The first-order chi connectivity index (χ1) is 13.2. The molecule has 2 N–H and O–H groups in total. The number of carbonyl (C=O) groups excluding carboxylic acids is 1. The van der Waals surface area contributed by atoms with Gasteiger partial charge < -0.3 is 14.1 Å². The van der Waals surface area contributed by atoms with Crippen molar-refractivity contribution in [2.45, 2.75) is 19.6 Å². The fraction of sp³-hybridized carbons (Fsp3) is 0.150. The van der Waals surface area contributed by atoms with Crippen molar-refractivity contribution in [1.29, 1.82) is 0 Å². The Morgan fingerprint density at radius 2 is 2.04 bits per heavy atom. The fourth-order valence-electron chi connectivity index (χ4n) is 2.93. The second-order valence-corrected chi connectivity index (χ2v) is 6.06. The highest BCUT2D eigenvalue weighted by atomic mass is 16.4. The number of hydrogen-bond donors (Lipinski definition) is 2. The predicted octanol–water partition coefficient (Wildman–Crippen LogP) is 3.01. The Morgan fingerprint density at radius 3 is 2.81 bits per heavy atom. The topological polar surface area (TPSA) is 93.2 Å². The van der Waals surface area contributed by atoms with E-state index < -0.39 is 0 Å². The van der Waals surface area contributed by atoms with Crippen LogP contribution in [0.1, 0.15) is 21.8 Å². The zero-order valence-electron chi connectivity index (χ0n) is 14.5. The number of benzene rings is 1. The van der Waals surface area contributed by atoms with Crippen LogP contribution in [0.4, 0.5) is 5.95 Å². The second kappa shape index (κ2) is 7.43. The molecular weight excluding hydrogens is 344 g/mol. The van der Waals surface area contributed by atoms with E-state index in [2.05, 4.69) is 15.3 Å². The number of furan rings is 1. The van der Waals surface area contributed by atoms with Gasteiger partial charge in [-0.3, -0.25) is 15.1 Å². The molecule has 7 heteroatoms. The lowest BCUT2D eigenvalue weighted by Crippen LogP contribution is -2.16. The molecule has 1 aromatic carbocycles. The molecule has 0 aliphatic carbocycles. The molecule has 3 aromatic heterocycles. The average Bonchev–Trinajstić information content (AvgIpc) is 3.32. The van der Waals surface area contributed by atoms with Crippen LogP contribution >= 0.6 is 0 Å². The average molecular weight is 362 g/mol. The minimum absolute atomic E-state index is 0.254. The van der Waals surface area contributed by atoms with Gasteiger partial charge in [-0.2, -0.15) is 0 Å². The molecule has 3 heterocycles. The molecule has 0 unspecified atom stereocenters. The number of rotatable bonds is 6. The summed E-state index contributed by atoms with van der Waals surface area (Å²) in [5.41, 5.74) is 3.04. The van der Waals surface area contributed by atoms with Crippen LogP contribution in [0.2, 0.25) is 0 Å². The normalized spacial score (nSPS) is 11.0. The fourth-order valence-corrected chi connectivity index (χ4v) is 2.93. The minimum Gasteiger partial charge on any atom is -0.466 e. The molecule has 136 valence electrons. The minimum atomic E-state index is -0.340. The maximum Gasteiger partial charge on any atom is 0.261 e. The molecule has 1 amide bonds. The molecule has 4 aromatic rings. The van der Waals surface area contributed by atoms with E-state index in [1.807, 2.05) is 47.0 Å². The van der Waals surface area contributed by atoms with Crippen molar-refractivity contribution in [2.75, 3.05) is 5.32 Å². The first-order valence-electron chi connectivity index (χ1n) is 8.59. The molecule has 0 saturated carbocycles. The second-order valence-electron chi connectivity index (χ2n) is 6.06. The lowest BCUT2D eigenvalue weighted by Gasteiger charge is -2.09. The molecule has 7 nitrogen and oxygen atoms in total. The van der Waals surface area contributed by atoms with Crippen LogP contribution in [0.3, 0.4) is 0 Å². The third-order valence-electron chi connectivity index (χ3n) is 4.27. The van der Waals surface area contributed by atoms with Crippen molar-refractivity contribution in [3.8, 4) is 0 Å². The molecular formula is C20H18N4O3. The van der Waals surface area contributed by atoms with Crippen molar-refractivity contribution in [1.82, 2.24) is 14.5 Å². The number of nitrogens with one attached hydrogen (secondary N) is 1. The predicted molar refractivity (Wildman–Crippen MR) is 100 cm³/mol. The van der Waals surface area contributed by atoms with E-state index in [0.717, 1.165) is 16.7 Å². The van der Waals surface area contributed by atoms with Crippen LogP contribution in [0.15, 0.2) is 65.4 Å². The van der Waals surface area contributed by atoms with Crippen molar-refractivity contribution in [2.24, 2.45) is 0 Å². The van der Waals surface area contributed by atoms with E-state index in [4.69, 9.17) is 9.52 Å². The standard InChI is InChI=1S/C20H18N4O3/c25-12-16-11-14(13-27-16)19(26)23-20-22-17-6-1-2-7-18(17)24(20)10-8-15-5-3-4-9-21-15/h1-7,9,11,13,25H,8,10,12H2,(H,22,23,26). The van der Waals surface area contributed by atoms with Crippen molar-refractivity contribution >= 4 is 22.9 Å². The van der Waals surface area contributed by atoms with Crippen LogP contribution in [-0.2, 0) is 19.6 Å². The van der Waals surface area contributed by atoms with E-state index in [1.54, 1.807) is 6.20 Å². The van der Waals surface area contributed by atoms with E-state index in [0.29, 0.717) is 30.2 Å². The van der Waals surface area contributed by atoms with Gasteiger partial charge in [0.15, 0.2) is 0 Å². The highest BCUT2D eigenvalue weighted by Crippen LogP contribution is 2.21. The van der Waals surface area contributed by atoms with Crippen molar-refractivity contribution in [3.63, 3.8) is 0 Å². The molecule has 4 rings (SSSR count). The van der Waals surface area contributed by atoms with Gasteiger partial charge >= 0.3 is 0 Å². The van der Waals surface area contributed by atoms with E-state index >= 15 is 0 Å². The summed E-state index contributed by atoms with van der Waals surface area (Å²) in [6.45, 7) is 0.371. The third-order valence-corrected chi connectivity index (χ3v) is 4.27. The van der Waals surface area contributed by atoms with Crippen molar-refractivity contribution in [3.05, 3.63) is 78.0 Å². The first kappa shape index (κ1) is 17.0. The van der Waals surface area contributed by atoms with Crippen LogP contribution < -0.4 is 5.32 Å². The Balaban J connectivity index is 1.62. The molecule has 0 radical (unpaired) electrons. The van der Waals surface area contributed by atoms with Gasteiger partial charge in [-0.05, 0) is 30.3 Å². The lowest BCUT2D eigenvalue weighted by molar-refractivity contribution is 0.102. The number of nitrogens with zero attached hydrogens (tertiary/aromatic N) is 3. The largest absolute Gasteiger partial charge is 0.466 e. The Morgan fingerprint density at radius 1 is 1.19 bits per heavy atom. The van der Waals surface area contributed by atoms with Gasteiger partial charge in [-0.25, -0.2) is 4.98 Å². The summed E-state index contributed by atoms with van der Waals surface area (Å²) in [4.78, 5) is 21.4.